The van der Waals surface area contributed by atoms with Crippen LogP contribution >= 0.6 is 0 Å². The lowest BCUT2D eigenvalue weighted by molar-refractivity contribution is 0.573. The van der Waals surface area contributed by atoms with Crippen molar-refractivity contribution in [3.05, 3.63) is 12.0 Å². The number of nitriles is 1. The van der Waals surface area contributed by atoms with E-state index in [0.29, 0.717) is 31.6 Å². The molecule has 6 nitrogen and oxygen atoms in total. The summed E-state index contributed by atoms with van der Waals surface area (Å²) in [6.45, 7) is 4.92. The van der Waals surface area contributed by atoms with Gasteiger partial charge in [0.25, 0.3) is 10.0 Å². The molecule has 0 aliphatic heterocycles. The zero-order chi connectivity index (χ0) is 14.3. The lowest BCUT2D eigenvalue weighted by atomic mass is 10.2. The first-order valence-corrected chi connectivity index (χ1v) is 7.90. The number of aromatic nitrogens is 2. The molecular weight excluding hydrogens is 264 g/mol. The Labute approximate surface area is 114 Å². The molecule has 0 amide bonds. The number of imidazole rings is 1. The van der Waals surface area contributed by atoms with E-state index in [1.807, 2.05) is 17.6 Å². The largest absolute Gasteiger partial charge is 0.334 e. The van der Waals surface area contributed by atoms with Crippen LogP contribution < -0.4 is 4.72 Å². The van der Waals surface area contributed by atoms with Gasteiger partial charge >= 0.3 is 0 Å². The maximum atomic E-state index is 12.0. The third kappa shape index (κ3) is 4.65. The molecule has 0 aliphatic carbocycles. The summed E-state index contributed by atoms with van der Waals surface area (Å²) in [5.41, 5.74) is 0. The van der Waals surface area contributed by atoms with Crippen molar-refractivity contribution in [1.82, 2.24) is 14.3 Å². The Kier molecular flexibility index (Phi) is 5.99. The van der Waals surface area contributed by atoms with Crippen LogP contribution in [0.2, 0.25) is 0 Å². The van der Waals surface area contributed by atoms with Gasteiger partial charge in [-0.1, -0.05) is 6.92 Å². The van der Waals surface area contributed by atoms with Gasteiger partial charge in [0.2, 0.25) is 0 Å². The molecule has 0 fully saturated rings. The molecule has 0 bridgehead atoms. The molecule has 1 rings (SSSR count). The van der Waals surface area contributed by atoms with Gasteiger partial charge in [-0.05, 0) is 26.2 Å². The highest BCUT2D eigenvalue weighted by Crippen LogP contribution is 2.09. The van der Waals surface area contributed by atoms with Gasteiger partial charge in [0, 0.05) is 25.7 Å². The summed E-state index contributed by atoms with van der Waals surface area (Å²) in [5.74, 6) is 0.701. The number of hydrogen-bond donors (Lipinski definition) is 1. The maximum absolute atomic E-state index is 12.0. The van der Waals surface area contributed by atoms with Gasteiger partial charge in [-0.2, -0.15) is 5.26 Å². The summed E-state index contributed by atoms with van der Waals surface area (Å²) >= 11 is 0. The Balaban J connectivity index is 2.62. The van der Waals surface area contributed by atoms with Gasteiger partial charge in [-0.15, -0.1) is 0 Å². The molecule has 19 heavy (non-hydrogen) atoms. The maximum Gasteiger partial charge on any atom is 0.259 e. The van der Waals surface area contributed by atoms with Crippen LogP contribution in [-0.4, -0.2) is 24.5 Å². The van der Waals surface area contributed by atoms with Crippen LogP contribution in [0.5, 0.6) is 0 Å². The number of nitrogens with one attached hydrogen (secondary N) is 1. The molecule has 1 aromatic rings. The van der Waals surface area contributed by atoms with Crippen LogP contribution in [0.4, 0.5) is 0 Å². The van der Waals surface area contributed by atoms with Crippen molar-refractivity contribution in [2.45, 2.75) is 51.1 Å². The van der Waals surface area contributed by atoms with E-state index >= 15 is 0 Å². The molecule has 0 unspecified atom stereocenters. The third-order valence-electron chi connectivity index (χ3n) is 2.70. The van der Waals surface area contributed by atoms with Crippen molar-refractivity contribution in [2.24, 2.45) is 0 Å². The quantitative estimate of drug-likeness (QED) is 0.734. The lowest BCUT2D eigenvalue weighted by Gasteiger charge is -2.02. The molecule has 106 valence electrons. The van der Waals surface area contributed by atoms with Crippen LogP contribution in [0.3, 0.4) is 0 Å². The Hall–Kier alpha value is -1.39. The SMILES string of the molecule is CCCn1cc(S(=O)(=O)NCCCCC#N)nc1C. The molecule has 0 radical (unpaired) electrons. The number of aryl methyl sites for hydroxylation is 2. The fourth-order valence-corrected chi connectivity index (χ4v) is 2.76. The van der Waals surface area contributed by atoms with Gasteiger partial charge < -0.3 is 4.57 Å². The highest BCUT2D eigenvalue weighted by Gasteiger charge is 2.18. The Morgan fingerprint density at radius 3 is 2.84 bits per heavy atom. The molecule has 7 heteroatoms. The fraction of sp³-hybridized carbons (Fsp3) is 0.667. The van der Waals surface area contributed by atoms with Crippen LogP contribution in [0.1, 0.15) is 38.4 Å². The van der Waals surface area contributed by atoms with Crippen molar-refractivity contribution in [2.75, 3.05) is 6.54 Å². The van der Waals surface area contributed by atoms with Gasteiger partial charge in [0.1, 0.15) is 5.82 Å². The average molecular weight is 284 g/mol. The topological polar surface area (TPSA) is 87.8 Å². The predicted octanol–water partition coefficient (Wildman–Crippen LogP) is 1.57. The first kappa shape index (κ1) is 15.7. The summed E-state index contributed by atoms with van der Waals surface area (Å²) in [5, 5.41) is 8.45. The highest BCUT2D eigenvalue weighted by molar-refractivity contribution is 7.89. The average Bonchev–Trinajstić information content (AvgIpc) is 2.72. The first-order valence-electron chi connectivity index (χ1n) is 6.41. The van der Waals surface area contributed by atoms with E-state index in [1.54, 1.807) is 13.1 Å². The standard InChI is InChI=1S/C12H20N4O2S/c1-3-9-16-10-12(15-11(16)2)19(17,18)14-8-6-4-5-7-13/h10,14H,3-6,8-9H2,1-2H3. The number of unbranched alkanes of at least 4 members (excludes halogenated alkanes) is 2. The first-order chi connectivity index (χ1) is 9.01. The number of rotatable bonds is 8. The fourth-order valence-electron chi connectivity index (χ4n) is 1.69. The van der Waals surface area contributed by atoms with E-state index in [2.05, 4.69) is 9.71 Å². The van der Waals surface area contributed by atoms with E-state index in [0.717, 1.165) is 13.0 Å². The summed E-state index contributed by atoms with van der Waals surface area (Å²) in [6, 6.07) is 2.03. The van der Waals surface area contributed by atoms with Crippen LogP contribution in [0, 0.1) is 18.3 Å². The van der Waals surface area contributed by atoms with Crippen LogP contribution in [0.15, 0.2) is 11.2 Å². The molecule has 0 atom stereocenters. The number of sulfonamides is 1. The smallest absolute Gasteiger partial charge is 0.259 e. The summed E-state index contributed by atoms with van der Waals surface area (Å²) in [6.07, 6.45) is 4.30. The van der Waals surface area contributed by atoms with E-state index in [-0.39, 0.29) is 5.03 Å². The van der Waals surface area contributed by atoms with Crippen molar-refractivity contribution in [3.8, 4) is 6.07 Å². The lowest BCUT2D eigenvalue weighted by Crippen LogP contribution is -2.25. The van der Waals surface area contributed by atoms with E-state index in [1.165, 1.54) is 0 Å². The third-order valence-corrected chi connectivity index (χ3v) is 4.03. The number of nitrogens with zero attached hydrogens (tertiary/aromatic N) is 3. The molecule has 0 aromatic carbocycles. The molecule has 1 heterocycles. The molecule has 1 aromatic heterocycles. The van der Waals surface area contributed by atoms with Crippen molar-refractivity contribution in [1.29, 1.82) is 5.26 Å². The summed E-state index contributed by atoms with van der Waals surface area (Å²) in [7, 11) is -3.53. The Bertz CT molecular complexity index is 543. The Morgan fingerprint density at radius 1 is 1.47 bits per heavy atom. The van der Waals surface area contributed by atoms with Crippen molar-refractivity contribution < 1.29 is 8.42 Å². The minimum absolute atomic E-state index is 0.0683. The summed E-state index contributed by atoms with van der Waals surface area (Å²) in [4.78, 5) is 4.08. The molecule has 1 N–H and O–H groups in total. The molecule has 0 spiro atoms. The molecule has 0 saturated carbocycles. The van der Waals surface area contributed by atoms with Crippen molar-refractivity contribution in [3.63, 3.8) is 0 Å². The van der Waals surface area contributed by atoms with E-state index < -0.39 is 10.0 Å². The zero-order valence-corrected chi connectivity index (χ0v) is 12.2. The Morgan fingerprint density at radius 2 is 2.21 bits per heavy atom. The van der Waals surface area contributed by atoms with E-state index in [9.17, 15) is 8.42 Å². The van der Waals surface area contributed by atoms with Gasteiger partial charge in [0.05, 0.1) is 6.07 Å². The second-order valence-electron chi connectivity index (χ2n) is 4.33. The second-order valence-corrected chi connectivity index (χ2v) is 6.05. The second kappa shape index (κ2) is 7.26. The minimum Gasteiger partial charge on any atom is -0.334 e. The van der Waals surface area contributed by atoms with Gasteiger partial charge in [-0.25, -0.2) is 18.1 Å². The zero-order valence-electron chi connectivity index (χ0n) is 11.4. The summed E-state index contributed by atoms with van der Waals surface area (Å²) < 4.78 is 28.3. The van der Waals surface area contributed by atoms with E-state index in [4.69, 9.17) is 5.26 Å². The van der Waals surface area contributed by atoms with Crippen LogP contribution in [0.25, 0.3) is 0 Å². The number of hydrogen-bond acceptors (Lipinski definition) is 4. The monoisotopic (exact) mass is 284 g/mol. The predicted molar refractivity (Wildman–Crippen MR) is 71.9 cm³/mol. The molecule has 0 saturated heterocycles. The highest BCUT2D eigenvalue weighted by atomic mass is 32.2. The molecular formula is C12H20N4O2S. The molecule has 0 aliphatic rings. The normalized spacial score (nSPS) is 11.4. The van der Waals surface area contributed by atoms with Gasteiger partial charge in [-0.3, -0.25) is 0 Å². The van der Waals surface area contributed by atoms with Crippen molar-refractivity contribution >= 4 is 10.0 Å². The van der Waals surface area contributed by atoms with Crippen LogP contribution in [-0.2, 0) is 16.6 Å². The minimum atomic E-state index is -3.53. The van der Waals surface area contributed by atoms with Gasteiger partial charge in [0.15, 0.2) is 5.03 Å².